The summed E-state index contributed by atoms with van der Waals surface area (Å²) >= 11 is 4.76. The van der Waals surface area contributed by atoms with Crippen molar-refractivity contribution in [3.63, 3.8) is 0 Å². The van der Waals surface area contributed by atoms with E-state index >= 15 is 0 Å². The average Bonchev–Trinajstić information content (AvgIpc) is 2.81. The predicted molar refractivity (Wildman–Crippen MR) is 87.3 cm³/mol. The molecule has 0 amide bonds. The Morgan fingerprint density at radius 2 is 2.14 bits per heavy atom. The van der Waals surface area contributed by atoms with Crippen molar-refractivity contribution in [2.75, 3.05) is 7.11 Å². The molecule has 1 aromatic heterocycles. The molecule has 4 nitrogen and oxygen atoms in total. The molecule has 1 heterocycles. The normalized spacial score (nSPS) is 10.6. The second-order valence-corrected chi connectivity index (χ2v) is 6.63. The van der Waals surface area contributed by atoms with Crippen molar-refractivity contribution in [3.05, 3.63) is 49.6 Å². The molecule has 2 aromatic rings. The Bertz CT molecular complexity index is 654. The first-order valence-corrected chi connectivity index (χ1v) is 7.98. The Hall–Kier alpha value is -1.37. The van der Waals surface area contributed by atoms with E-state index in [4.69, 9.17) is 9.84 Å². The van der Waals surface area contributed by atoms with Gasteiger partial charge in [0.1, 0.15) is 10.6 Å². The third-order valence-corrected chi connectivity index (χ3v) is 4.79. The van der Waals surface area contributed by atoms with Crippen molar-refractivity contribution in [2.45, 2.75) is 20.0 Å². The molecule has 0 bridgehead atoms. The summed E-state index contributed by atoms with van der Waals surface area (Å²) in [5, 5.41) is 12.3. The number of carboxylic acids is 1. The van der Waals surface area contributed by atoms with Gasteiger partial charge in [0.2, 0.25) is 0 Å². The van der Waals surface area contributed by atoms with E-state index in [2.05, 4.69) is 21.2 Å². The molecule has 0 saturated heterocycles. The summed E-state index contributed by atoms with van der Waals surface area (Å²) in [6, 6.07) is 7.57. The van der Waals surface area contributed by atoms with Gasteiger partial charge in [-0.05, 0) is 36.8 Å². The van der Waals surface area contributed by atoms with Gasteiger partial charge in [-0.1, -0.05) is 15.9 Å². The van der Waals surface area contributed by atoms with Gasteiger partial charge in [0.15, 0.2) is 0 Å². The zero-order chi connectivity index (χ0) is 15.4. The fourth-order valence-corrected chi connectivity index (χ4v) is 3.39. The molecule has 0 fully saturated rings. The van der Waals surface area contributed by atoms with Gasteiger partial charge in [-0.3, -0.25) is 0 Å². The van der Waals surface area contributed by atoms with Crippen molar-refractivity contribution >= 4 is 33.2 Å². The summed E-state index contributed by atoms with van der Waals surface area (Å²) < 4.78 is 6.33. The quantitative estimate of drug-likeness (QED) is 0.812. The number of rotatable bonds is 6. The highest BCUT2D eigenvalue weighted by Gasteiger charge is 2.11. The Morgan fingerprint density at radius 1 is 1.38 bits per heavy atom. The number of halogens is 1. The Balaban J connectivity index is 2.01. The highest BCUT2D eigenvalue weighted by Crippen LogP contribution is 2.24. The van der Waals surface area contributed by atoms with Crippen LogP contribution in [0.1, 0.15) is 25.7 Å². The van der Waals surface area contributed by atoms with Crippen LogP contribution in [0.3, 0.4) is 0 Å². The Morgan fingerprint density at radius 3 is 2.76 bits per heavy atom. The molecule has 21 heavy (non-hydrogen) atoms. The molecule has 0 saturated carbocycles. The van der Waals surface area contributed by atoms with Crippen LogP contribution < -0.4 is 10.1 Å². The molecule has 112 valence electrons. The predicted octanol–water partition coefficient (Wildman–Crippen LogP) is 3.82. The lowest BCUT2D eigenvalue weighted by Crippen LogP contribution is -2.13. The number of hydrogen-bond donors (Lipinski definition) is 2. The zero-order valence-electron chi connectivity index (χ0n) is 11.8. The number of nitrogens with one attached hydrogen (secondary N) is 1. The standard InChI is InChI=1S/C15H16BrNO3S/c1-9-5-13(15(18)19)21-14(9)8-17-7-10-6-11(16)3-4-12(10)20-2/h3-6,17H,7-8H2,1-2H3,(H,18,19). The molecule has 0 aliphatic carbocycles. The smallest absolute Gasteiger partial charge is 0.345 e. The van der Waals surface area contributed by atoms with Gasteiger partial charge in [0.25, 0.3) is 0 Å². The van der Waals surface area contributed by atoms with Gasteiger partial charge in [0.05, 0.1) is 7.11 Å². The summed E-state index contributed by atoms with van der Waals surface area (Å²) in [6.45, 7) is 3.22. The molecule has 2 rings (SSSR count). The lowest BCUT2D eigenvalue weighted by Gasteiger charge is -2.10. The fraction of sp³-hybridized carbons (Fsp3) is 0.267. The van der Waals surface area contributed by atoms with E-state index in [9.17, 15) is 4.79 Å². The second kappa shape index (κ2) is 7.06. The van der Waals surface area contributed by atoms with Crippen LogP contribution in [0.4, 0.5) is 0 Å². The molecule has 1 aromatic carbocycles. The molecule has 0 atom stereocenters. The van der Waals surface area contributed by atoms with Crippen LogP contribution in [0.5, 0.6) is 5.75 Å². The first-order chi connectivity index (χ1) is 10.0. The van der Waals surface area contributed by atoms with Gasteiger partial charge in [-0.15, -0.1) is 11.3 Å². The molecule has 0 radical (unpaired) electrons. The molecule has 6 heteroatoms. The Kier molecular flexibility index (Phi) is 5.39. The number of thiophene rings is 1. The molecule has 2 N–H and O–H groups in total. The van der Waals surface area contributed by atoms with Crippen LogP contribution in [-0.4, -0.2) is 18.2 Å². The molecular formula is C15H16BrNO3S. The van der Waals surface area contributed by atoms with Gasteiger partial charge in [0, 0.05) is 28.0 Å². The van der Waals surface area contributed by atoms with Crippen LogP contribution in [-0.2, 0) is 13.1 Å². The number of carbonyl (C=O) groups is 1. The number of aromatic carboxylic acids is 1. The average molecular weight is 370 g/mol. The summed E-state index contributed by atoms with van der Waals surface area (Å²) in [7, 11) is 1.65. The van der Waals surface area contributed by atoms with Gasteiger partial charge in [-0.25, -0.2) is 4.79 Å². The van der Waals surface area contributed by atoms with E-state index < -0.39 is 5.97 Å². The number of ether oxygens (including phenoxy) is 1. The van der Waals surface area contributed by atoms with Gasteiger partial charge >= 0.3 is 5.97 Å². The third kappa shape index (κ3) is 4.06. The summed E-state index contributed by atoms with van der Waals surface area (Å²) in [6.07, 6.45) is 0. The van der Waals surface area contributed by atoms with E-state index in [0.29, 0.717) is 18.0 Å². The maximum absolute atomic E-state index is 11.0. The molecule has 0 spiro atoms. The maximum Gasteiger partial charge on any atom is 0.345 e. The summed E-state index contributed by atoms with van der Waals surface area (Å²) in [5.41, 5.74) is 2.06. The molecule has 0 aliphatic heterocycles. The van der Waals surface area contributed by atoms with Crippen LogP contribution in [0.2, 0.25) is 0 Å². The van der Waals surface area contributed by atoms with E-state index in [1.54, 1.807) is 13.2 Å². The molecule has 0 aliphatic rings. The highest BCUT2D eigenvalue weighted by atomic mass is 79.9. The largest absolute Gasteiger partial charge is 0.496 e. The van der Waals surface area contributed by atoms with Crippen molar-refractivity contribution in [1.82, 2.24) is 5.32 Å². The summed E-state index contributed by atoms with van der Waals surface area (Å²) in [4.78, 5) is 12.4. The minimum Gasteiger partial charge on any atom is -0.496 e. The number of hydrogen-bond acceptors (Lipinski definition) is 4. The molecule has 0 unspecified atom stereocenters. The third-order valence-electron chi connectivity index (χ3n) is 3.07. The van der Waals surface area contributed by atoms with E-state index in [1.807, 2.05) is 25.1 Å². The van der Waals surface area contributed by atoms with E-state index in [-0.39, 0.29) is 0 Å². The van der Waals surface area contributed by atoms with Crippen molar-refractivity contribution in [3.8, 4) is 5.75 Å². The molecular weight excluding hydrogens is 354 g/mol. The monoisotopic (exact) mass is 369 g/mol. The fourth-order valence-electron chi connectivity index (χ4n) is 2.00. The highest BCUT2D eigenvalue weighted by molar-refractivity contribution is 9.10. The van der Waals surface area contributed by atoms with Gasteiger partial charge < -0.3 is 15.2 Å². The minimum absolute atomic E-state index is 0.379. The zero-order valence-corrected chi connectivity index (χ0v) is 14.2. The second-order valence-electron chi connectivity index (χ2n) is 4.58. The Labute approximate surface area is 135 Å². The van der Waals surface area contributed by atoms with E-state index in [0.717, 1.165) is 26.2 Å². The van der Waals surface area contributed by atoms with Crippen molar-refractivity contribution in [2.24, 2.45) is 0 Å². The van der Waals surface area contributed by atoms with Crippen molar-refractivity contribution in [1.29, 1.82) is 0 Å². The van der Waals surface area contributed by atoms with E-state index in [1.165, 1.54) is 11.3 Å². The minimum atomic E-state index is -0.872. The summed E-state index contributed by atoms with van der Waals surface area (Å²) in [5.74, 6) is -0.0390. The van der Waals surface area contributed by atoms with Crippen molar-refractivity contribution < 1.29 is 14.6 Å². The van der Waals surface area contributed by atoms with Gasteiger partial charge in [-0.2, -0.15) is 0 Å². The number of aryl methyl sites for hydroxylation is 1. The SMILES string of the molecule is COc1ccc(Br)cc1CNCc1sc(C(=O)O)cc1C. The first kappa shape index (κ1) is 16.0. The number of methoxy groups -OCH3 is 1. The topological polar surface area (TPSA) is 58.6 Å². The lowest BCUT2D eigenvalue weighted by atomic mass is 10.2. The number of carboxylic acid groups (broad SMARTS) is 1. The van der Waals surface area contributed by atoms with Crippen LogP contribution >= 0.6 is 27.3 Å². The lowest BCUT2D eigenvalue weighted by molar-refractivity contribution is 0.0702. The van der Waals surface area contributed by atoms with Crippen LogP contribution in [0.15, 0.2) is 28.7 Å². The first-order valence-electron chi connectivity index (χ1n) is 6.37. The van der Waals surface area contributed by atoms with Crippen LogP contribution in [0.25, 0.3) is 0 Å². The maximum atomic E-state index is 11.0. The number of benzene rings is 1. The van der Waals surface area contributed by atoms with Crippen LogP contribution in [0, 0.1) is 6.92 Å².